The Bertz CT molecular complexity index is 1230. The second-order valence-corrected chi connectivity index (χ2v) is 10.5. The molecular weight excluding hydrogens is 497 g/mol. The molecule has 4 rings (SSSR count). The van der Waals surface area contributed by atoms with E-state index in [1.165, 1.54) is 13.2 Å². The number of aryl methyl sites for hydroxylation is 2. The van der Waals surface area contributed by atoms with Crippen molar-refractivity contribution in [1.82, 2.24) is 9.88 Å². The number of rotatable bonds is 8. The van der Waals surface area contributed by atoms with Crippen LogP contribution in [0.5, 0.6) is 5.75 Å². The van der Waals surface area contributed by atoms with Crippen LogP contribution in [0.25, 0.3) is 10.9 Å². The molecule has 3 heterocycles. The van der Waals surface area contributed by atoms with Gasteiger partial charge in [-0.05, 0) is 45.1 Å². The van der Waals surface area contributed by atoms with Crippen LogP contribution in [0.1, 0.15) is 68.7 Å². The number of benzene rings is 1. The Balaban J connectivity index is 1.60. The molecule has 1 aromatic carbocycles. The lowest BCUT2D eigenvalue weighted by atomic mass is 9.87. The number of allylic oxidation sites excluding steroid dienone is 1. The summed E-state index contributed by atoms with van der Waals surface area (Å²) in [6, 6.07) is 3.28. The average Bonchev–Trinajstić information content (AvgIpc) is 3.25. The number of hydrogen-bond acceptors (Lipinski definition) is 5. The number of para-hydroxylation sites is 1. The van der Waals surface area contributed by atoms with E-state index in [-0.39, 0.29) is 30.3 Å². The highest BCUT2D eigenvalue weighted by molar-refractivity contribution is 5.89. The van der Waals surface area contributed by atoms with E-state index in [1.54, 1.807) is 17.9 Å². The minimum absolute atomic E-state index is 0.0895. The molecule has 0 saturated carbocycles. The lowest BCUT2D eigenvalue weighted by Gasteiger charge is -2.36. The van der Waals surface area contributed by atoms with Gasteiger partial charge in [0.05, 0.1) is 30.4 Å². The zero-order valence-corrected chi connectivity index (χ0v) is 22.2. The number of carbonyl (C=O) groups excluding carboxylic acids is 2. The van der Waals surface area contributed by atoms with Gasteiger partial charge in [0.1, 0.15) is 17.4 Å². The summed E-state index contributed by atoms with van der Waals surface area (Å²) in [5.74, 6) is -0.425. The monoisotopic (exact) mass is 532 g/mol. The predicted molar refractivity (Wildman–Crippen MR) is 138 cm³/mol. The van der Waals surface area contributed by atoms with E-state index in [2.05, 4.69) is 11.6 Å². The summed E-state index contributed by atoms with van der Waals surface area (Å²) in [6.45, 7) is 7.46. The van der Waals surface area contributed by atoms with Crippen molar-refractivity contribution in [2.75, 3.05) is 13.7 Å². The predicted octanol–water partition coefficient (Wildman–Crippen LogP) is 6.17. The molecule has 9 heteroatoms. The average molecular weight is 533 g/mol. The van der Waals surface area contributed by atoms with Crippen LogP contribution in [0.3, 0.4) is 0 Å². The molecule has 1 fully saturated rings. The van der Waals surface area contributed by atoms with Gasteiger partial charge in [-0.25, -0.2) is 9.78 Å². The van der Waals surface area contributed by atoms with Crippen LogP contribution in [-0.2, 0) is 26.9 Å². The van der Waals surface area contributed by atoms with Crippen LogP contribution >= 0.6 is 0 Å². The highest BCUT2D eigenvalue weighted by atomic mass is 19.4. The summed E-state index contributed by atoms with van der Waals surface area (Å²) in [6.07, 6.45) is 3.14. The number of nitrogens with zero attached hydrogens (tertiary/aromatic N) is 2. The molecule has 0 unspecified atom stereocenters. The van der Waals surface area contributed by atoms with Gasteiger partial charge in [-0.2, -0.15) is 13.2 Å². The van der Waals surface area contributed by atoms with E-state index < -0.39 is 29.4 Å². The summed E-state index contributed by atoms with van der Waals surface area (Å²) >= 11 is 0. The Morgan fingerprint density at radius 2 is 2.08 bits per heavy atom. The number of likely N-dealkylation sites (tertiary alicyclic amines) is 1. The molecule has 38 heavy (non-hydrogen) atoms. The van der Waals surface area contributed by atoms with Crippen molar-refractivity contribution in [1.29, 1.82) is 0 Å². The Hall–Kier alpha value is -3.10. The minimum Gasteiger partial charge on any atom is -0.483 e. The molecular formula is C29H35F3N2O4. The molecule has 1 spiro atoms. The number of unbranched alkanes of at least 4 members (excludes halogenated alkanes) is 3. The number of pyridine rings is 1. The minimum atomic E-state index is -4.52. The molecule has 2 aliphatic rings. The fraction of sp³-hybridized carbons (Fsp3) is 0.552. The Kier molecular flexibility index (Phi) is 8.04. The number of halogens is 3. The number of fused-ring (bicyclic) bond motifs is 3. The van der Waals surface area contributed by atoms with E-state index in [1.807, 2.05) is 13.0 Å². The van der Waals surface area contributed by atoms with Gasteiger partial charge in [0.2, 0.25) is 5.91 Å². The van der Waals surface area contributed by atoms with Gasteiger partial charge in [0, 0.05) is 23.3 Å². The van der Waals surface area contributed by atoms with Gasteiger partial charge in [-0.15, -0.1) is 6.58 Å². The lowest BCUT2D eigenvalue weighted by molar-refractivity contribution is -0.152. The number of esters is 1. The van der Waals surface area contributed by atoms with Crippen molar-refractivity contribution in [3.63, 3.8) is 0 Å². The lowest BCUT2D eigenvalue weighted by Crippen LogP contribution is -2.46. The molecule has 2 aliphatic heterocycles. The van der Waals surface area contributed by atoms with Crippen molar-refractivity contribution >= 4 is 22.8 Å². The maximum atomic E-state index is 13.6. The number of hydrogen-bond donors (Lipinski definition) is 0. The second-order valence-electron chi connectivity index (χ2n) is 10.5. The normalized spacial score (nSPS) is 21.7. The van der Waals surface area contributed by atoms with Crippen molar-refractivity contribution in [2.24, 2.45) is 5.92 Å². The molecule has 206 valence electrons. The van der Waals surface area contributed by atoms with Crippen molar-refractivity contribution in [3.8, 4) is 5.75 Å². The van der Waals surface area contributed by atoms with Gasteiger partial charge < -0.3 is 14.4 Å². The first kappa shape index (κ1) is 27.9. The van der Waals surface area contributed by atoms with Gasteiger partial charge >= 0.3 is 12.1 Å². The van der Waals surface area contributed by atoms with E-state index >= 15 is 0 Å². The van der Waals surface area contributed by atoms with Crippen LogP contribution in [0.15, 0.2) is 30.9 Å². The standard InChI is InChI=1S/C29H35F3N2O4/c1-5-6-7-8-9-11-18(2)26(35)34-17-28(16-23(34)27(36)37-4)15-14-21-20-12-10-13-22(29(30,31)32)24(20)33-19(3)25(21)38-28/h5,10,12-13,18,23H,1,6-9,11,14-17H2,2-4H3/t18-,23-,28+/m0/s1. The fourth-order valence-electron chi connectivity index (χ4n) is 5.80. The summed E-state index contributed by atoms with van der Waals surface area (Å²) < 4.78 is 52.4. The third kappa shape index (κ3) is 5.38. The zero-order chi connectivity index (χ0) is 27.7. The summed E-state index contributed by atoms with van der Waals surface area (Å²) in [7, 11) is 1.30. The molecule has 6 nitrogen and oxygen atoms in total. The number of carbonyl (C=O) groups is 2. The van der Waals surface area contributed by atoms with Gasteiger partial charge in [0.25, 0.3) is 0 Å². The zero-order valence-electron chi connectivity index (χ0n) is 22.2. The number of amides is 1. The van der Waals surface area contributed by atoms with Crippen LogP contribution in [0.2, 0.25) is 0 Å². The third-order valence-corrected chi connectivity index (χ3v) is 7.82. The first-order valence-electron chi connectivity index (χ1n) is 13.2. The largest absolute Gasteiger partial charge is 0.483 e. The van der Waals surface area contributed by atoms with Crippen molar-refractivity contribution in [3.05, 3.63) is 47.7 Å². The molecule has 3 atom stereocenters. The molecule has 0 N–H and O–H groups in total. The summed E-state index contributed by atoms with van der Waals surface area (Å²) in [5.41, 5.74) is -0.670. The highest BCUT2D eigenvalue weighted by Crippen LogP contribution is 2.46. The molecule has 1 saturated heterocycles. The highest BCUT2D eigenvalue weighted by Gasteiger charge is 2.53. The van der Waals surface area contributed by atoms with Crippen molar-refractivity contribution < 1.29 is 32.2 Å². The van der Waals surface area contributed by atoms with Gasteiger partial charge in [-0.1, -0.05) is 38.0 Å². The number of methoxy groups -OCH3 is 1. The topological polar surface area (TPSA) is 68.7 Å². The maximum Gasteiger partial charge on any atom is 0.418 e. The first-order valence-corrected chi connectivity index (χ1v) is 13.2. The van der Waals surface area contributed by atoms with Crippen molar-refractivity contribution in [2.45, 2.75) is 83.0 Å². The summed E-state index contributed by atoms with van der Waals surface area (Å²) in [5, 5.41) is 0.413. The summed E-state index contributed by atoms with van der Waals surface area (Å²) in [4.78, 5) is 32.1. The van der Waals surface area contributed by atoms with Crippen LogP contribution in [0.4, 0.5) is 13.2 Å². The Morgan fingerprint density at radius 3 is 2.76 bits per heavy atom. The molecule has 0 aliphatic carbocycles. The second kappa shape index (κ2) is 10.9. The number of aromatic nitrogens is 1. The number of alkyl halides is 3. The van der Waals surface area contributed by atoms with E-state index in [4.69, 9.17) is 9.47 Å². The first-order chi connectivity index (χ1) is 18.0. The van der Waals surface area contributed by atoms with Crippen LogP contribution in [-0.4, -0.2) is 47.1 Å². The van der Waals surface area contributed by atoms with Gasteiger partial charge in [0.15, 0.2) is 0 Å². The van der Waals surface area contributed by atoms with E-state index in [9.17, 15) is 22.8 Å². The molecule has 2 aromatic rings. The molecule has 1 aromatic heterocycles. The fourth-order valence-corrected chi connectivity index (χ4v) is 5.80. The Morgan fingerprint density at radius 1 is 1.32 bits per heavy atom. The third-order valence-electron chi connectivity index (χ3n) is 7.82. The molecule has 1 amide bonds. The number of ether oxygens (including phenoxy) is 2. The van der Waals surface area contributed by atoms with Crippen LogP contribution < -0.4 is 4.74 Å². The van der Waals surface area contributed by atoms with E-state index in [0.717, 1.165) is 31.7 Å². The van der Waals surface area contributed by atoms with Crippen LogP contribution in [0, 0.1) is 12.8 Å². The van der Waals surface area contributed by atoms with E-state index in [0.29, 0.717) is 41.7 Å². The Labute approximate surface area is 221 Å². The SMILES string of the molecule is C=CCCCCC[C@H](C)C(=O)N1C[C@@]2(CCc3c(c(C)nc4c(C(F)(F)F)cccc34)O2)C[C@H]1C(=O)OC. The quantitative estimate of drug-likeness (QED) is 0.231. The maximum absolute atomic E-state index is 13.6. The molecule has 0 bridgehead atoms. The smallest absolute Gasteiger partial charge is 0.418 e. The molecule has 0 radical (unpaired) electrons. The van der Waals surface area contributed by atoms with Gasteiger partial charge in [-0.3, -0.25) is 4.79 Å².